The number of allylic oxidation sites excluding steroid dienone is 2. The van der Waals surface area contributed by atoms with E-state index in [0.717, 1.165) is 6.42 Å². The molecule has 1 rings (SSSR count). The molecule has 92 valence electrons. The van der Waals surface area contributed by atoms with Gasteiger partial charge in [0.25, 0.3) is 0 Å². The van der Waals surface area contributed by atoms with Crippen LogP contribution in [0.15, 0.2) is 12.2 Å². The molecule has 0 saturated carbocycles. The summed E-state index contributed by atoms with van der Waals surface area (Å²) >= 11 is 0. The predicted molar refractivity (Wildman–Crippen MR) is 69.3 cm³/mol. The van der Waals surface area contributed by atoms with Crippen LogP contribution in [0, 0.1) is 22.7 Å². The van der Waals surface area contributed by atoms with Crippen LogP contribution in [-0.4, -0.2) is 5.78 Å². The Labute approximate surface area is 100 Å². The van der Waals surface area contributed by atoms with E-state index in [-0.39, 0.29) is 16.7 Å². The molecule has 2 unspecified atom stereocenters. The number of Topliss-reactive ketones (excluding diaryl/α,β-unsaturated/α-hetero) is 1. The molecule has 0 aromatic carbocycles. The van der Waals surface area contributed by atoms with E-state index in [9.17, 15) is 4.79 Å². The van der Waals surface area contributed by atoms with Gasteiger partial charge in [-0.2, -0.15) is 0 Å². The molecule has 0 aliphatic heterocycles. The first-order valence-corrected chi connectivity index (χ1v) is 6.33. The second-order valence-corrected chi connectivity index (χ2v) is 7.16. The van der Waals surface area contributed by atoms with Gasteiger partial charge in [-0.1, -0.05) is 53.7 Å². The molecule has 0 fully saturated rings. The van der Waals surface area contributed by atoms with Crippen LogP contribution in [0.4, 0.5) is 0 Å². The highest BCUT2D eigenvalue weighted by Gasteiger charge is 2.40. The van der Waals surface area contributed by atoms with Gasteiger partial charge >= 0.3 is 0 Å². The predicted octanol–water partition coefficient (Wildman–Crippen LogP) is 4.23. The highest BCUT2D eigenvalue weighted by Crippen LogP contribution is 2.42. The zero-order chi connectivity index (χ0) is 12.6. The third-order valence-electron chi connectivity index (χ3n) is 3.50. The SMILES string of the molecule is CC1C=CCC(C)(C)C1C(=O)CC(C)(C)C. The fourth-order valence-corrected chi connectivity index (χ4v) is 2.90. The van der Waals surface area contributed by atoms with Gasteiger partial charge in [-0.25, -0.2) is 0 Å². The first kappa shape index (κ1) is 13.5. The molecule has 0 N–H and O–H groups in total. The molecule has 2 atom stereocenters. The van der Waals surface area contributed by atoms with E-state index in [1.807, 2.05) is 0 Å². The van der Waals surface area contributed by atoms with Crippen LogP contribution in [0.3, 0.4) is 0 Å². The number of hydrogen-bond acceptors (Lipinski definition) is 1. The van der Waals surface area contributed by atoms with Gasteiger partial charge in [-0.15, -0.1) is 0 Å². The first-order chi connectivity index (χ1) is 7.13. The van der Waals surface area contributed by atoms with Gasteiger partial charge in [-0.05, 0) is 23.2 Å². The molecular formula is C15H26O. The van der Waals surface area contributed by atoms with Gasteiger partial charge in [0.15, 0.2) is 0 Å². The molecular weight excluding hydrogens is 196 g/mol. The van der Waals surface area contributed by atoms with Crippen LogP contribution < -0.4 is 0 Å². The van der Waals surface area contributed by atoms with Crippen molar-refractivity contribution in [2.75, 3.05) is 0 Å². The molecule has 0 amide bonds. The lowest BCUT2D eigenvalue weighted by Gasteiger charge is -2.39. The molecule has 1 aliphatic rings. The maximum absolute atomic E-state index is 12.4. The largest absolute Gasteiger partial charge is 0.299 e. The summed E-state index contributed by atoms with van der Waals surface area (Å²) in [7, 11) is 0. The minimum absolute atomic E-state index is 0.105. The van der Waals surface area contributed by atoms with Crippen LogP contribution in [0.1, 0.15) is 54.4 Å². The van der Waals surface area contributed by atoms with Gasteiger partial charge in [0.2, 0.25) is 0 Å². The van der Waals surface area contributed by atoms with Crippen molar-refractivity contribution in [2.45, 2.75) is 54.4 Å². The summed E-state index contributed by atoms with van der Waals surface area (Å²) in [5.41, 5.74) is 0.227. The summed E-state index contributed by atoms with van der Waals surface area (Å²) in [6.45, 7) is 13.0. The van der Waals surface area contributed by atoms with Crippen molar-refractivity contribution in [3.8, 4) is 0 Å². The van der Waals surface area contributed by atoms with E-state index >= 15 is 0 Å². The van der Waals surface area contributed by atoms with Gasteiger partial charge in [0.05, 0.1) is 0 Å². The fraction of sp³-hybridized carbons (Fsp3) is 0.800. The summed E-state index contributed by atoms with van der Waals surface area (Å²) in [6, 6.07) is 0. The zero-order valence-corrected chi connectivity index (χ0v) is 11.6. The molecule has 0 bridgehead atoms. The number of hydrogen-bond donors (Lipinski definition) is 0. The highest BCUT2D eigenvalue weighted by molar-refractivity contribution is 5.83. The highest BCUT2D eigenvalue weighted by atomic mass is 16.1. The lowest BCUT2D eigenvalue weighted by Crippen LogP contribution is -2.38. The number of ketones is 1. The normalized spacial score (nSPS) is 29.1. The van der Waals surface area contributed by atoms with Crippen LogP contribution in [0.2, 0.25) is 0 Å². The maximum Gasteiger partial charge on any atom is 0.137 e. The molecule has 0 radical (unpaired) electrons. The average molecular weight is 222 g/mol. The van der Waals surface area contributed by atoms with E-state index in [1.54, 1.807) is 0 Å². The molecule has 1 nitrogen and oxygen atoms in total. The van der Waals surface area contributed by atoms with Crippen LogP contribution in [-0.2, 0) is 4.79 Å². The minimum Gasteiger partial charge on any atom is -0.299 e. The van der Waals surface area contributed by atoms with Gasteiger partial charge in [0, 0.05) is 12.3 Å². The number of carbonyl (C=O) groups is 1. The van der Waals surface area contributed by atoms with E-state index in [0.29, 0.717) is 18.1 Å². The average Bonchev–Trinajstić information content (AvgIpc) is 1.97. The number of carbonyl (C=O) groups excluding carboxylic acids is 1. The summed E-state index contributed by atoms with van der Waals surface area (Å²) < 4.78 is 0. The minimum atomic E-state index is 0.105. The molecule has 1 aliphatic carbocycles. The summed E-state index contributed by atoms with van der Waals surface area (Å²) in [4.78, 5) is 12.4. The molecule has 0 heterocycles. The van der Waals surface area contributed by atoms with Gasteiger partial charge in [-0.3, -0.25) is 4.79 Å². The Morgan fingerprint density at radius 2 is 1.94 bits per heavy atom. The van der Waals surface area contributed by atoms with Crippen molar-refractivity contribution in [3.63, 3.8) is 0 Å². The lowest BCUT2D eigenvalue weighted by molar-refractivity contribution is -0.130. The van der Waals surface area contributed by atoms with Crippen molar-refractivity contribution in [1.29, 1.82) is 0 Å². The van der Waals surface area contributed by atoms with Gasteiger partial charge < -0.3 is 0 Å². The third-order valence-corrected chi connectivity index (χ3v) is 3.50. The second-order valence-electron chi connectivity index (χ2n) is 7.16. The molecule has 0 aromatic heterocycles. The van der Waals surface area contributed by atoms with E-state index < -0.39 is 0 Å². The van der Waals surface area contributed by atoms with Crippen molar-refractivity contribution < 1.29 is 4.79 Å². The molecule has 0 spiro atoms. The van der Waals surface area contributed by atoms with Crippen LogP contribution in [0.5, 0.6) is 0 Å². The standard InChI is InChI=1S/C15H26O/c1-11-8-7-9-15(5,6)13(11)12(16)10-14(2,3)4/h7-8,11,13H,9-10H2,1-6H3. The van der Waals surface area contributed by atoms with Crippen molar-refractivity contribution in [3.05, 3.63) is 12.2 Å². The Bertz CT molecular complexity index is 291. The Kier molecular flexibility index (Phi) is 3.66. The Balaban J connectivity index is 2.85. The lowest BCUT2D eigenvalue weighted by atomic mass is 9.64. The quantitative estimate of drug-likeness (QED) is 0.639. The molecule has 1 heteroatoms. The summed E-state index contributed by atoms with van der Waals surface area (Å²) in [5, 5.41) is 0. The van der Waals surface area contributed by atoms with Gasteiger partial charge in [0.1, 0.15) is 5.78 Å². The van der Waals surface area contributed by atoms with E-state index in [2.05, 4.69) is 53.7 Å². The maximum atomic E-state index is 12.4. The molecule has 0 saturated heterocycles. The summed E-state index contributed by atoms with van der Waals surface area (Å²) in [5.74, 6) is 1.02. The zero-order valence-electron chi connectivity index (χ0n) is 11.6. The Hall–Kier alpha value is -0.590. The van der Waals surface area contributed by atoms with Crippen molar-refractivity contribution >= 4 is 5.78 Å². The topological polar surface area (TPSA) is 17.1 Å². The van der Waals surface area contributed by atoms with Crippen LogP contribution >= 0.6 is 0 Å². The third kappa shape index (κ3) is 3.20. The second kappa shape index (κ2) is 4.35. The number of rotatable bonds is 2. The van der Waals surface area contributed by atoms with Crippen molar-refractivity contribution in [1.82, 2.24) is 0 Å². The smallest absolute Gasteiger partial charge is 0.137 e. The van der Waals surface area contributed by atoms with Crippen molar-refractivity contribution in [2.24, 2.45) is 22.7 Å². The van der Waals surface area contributed by atoms with Crippen LogP contribution in [0.25, 0.3) is 0 Å². The molecule has 16 heavy (non-hydrogen) atoms. The fourth-order valence-electron chi connectivity index (χ4n) is 2.90. The Morgan fingerprint density at radius 3 is 2.38 bits per heavy atom. The van der Waals surface area contributed by atoms with E-state index in [4.69, 9.17) is 0 Å². The summed E-state index contributed by atoms with van der Waals surface area (Å²) in [6.07, 6.45) is 6.15. The monoisotopic (exact) mass is 222 g/mol. The Morgan fingerprint density at radius 1 is 1.38 bits per heavy atom. The van der Waals surface area contributed by atoms with E-state index in [1.165, 1.54) is 0 Å². The first-order valence-electron chi connectivity index (χ1n) is 6.33. The molecule has 0 aromatic rings.